The van der Waals surface area contributed by atoms with E-state index in [1.54, 1.807) is 0 Å². The van der Waals surface area contributed by atoms with Gasteiger partial charge in [-0.15, -0.1) is 0 Å². The molecule has 5 unspecified atom stereocenters. The summed E-state index contributed by atoms with van der Waals surface area (Å²) >= 11 is 0. The predicted octanol–water partition coefficient (Wildman–Crippen LogP) is 4.88. The number of aliphatic hydroxyl groups excluding tert-OH is 1. The smallest absolute Gasteiger partial charge is 0.178 e. The Balaban J connectivity index is 1.29. The van der Waals surface area contributed by atoms with Crippen LogP contribution in [0.4, 0.5) is 0 Å². The summed E-state index contributed by atoms with van der Waals surface area (Å²) in [6.45, 7) is 15.5. The Bertz CT molecular complexity index is 1410. The molecule has 11 atom stereocenters. The van der Waals surface area contributed by atoms with E-state index < -0.39 is 32.8 Å². The van der Waals surface area contributed by atoms with Crippen molar-refractivity contribution in [3.63, 3.8) is 0 Å². The molecule has 3 N–H and O–H groups in total. The first-order chi connectivity index (χ1) is 18.4. The van der Waals surface area contributed by atoms with Crippen molar-refractivity contribution in [2.24, 2.45) is 61.4 Å². The predicted molar refractivity (Wildman–Crippen MR) is 148 cm³/mol. The number of carbonyl (C=O) groups excluding carboxylic acids is 2. The van der Waals surface area contributed by atoms with E-state index in [0.717, 1.165) is 44.9 Å². The minimum absolute atomic E-state index is 0.0410. The third-order valence-corrected chi connectivity index (χ3v) is 15.9. The second-order valence-electron chi connectivity index (χ2n) is 17.9. The van der Waals surface area contributed by atoms with Gasteiger partial charge in [-0.05, 0) is 67.1 Å². The summed E-state index contributed by atoms with van der Waals surface area (Å²) in [5.74, 6) is 0.563. The monoisotopic (exact) mass is 546 g/mol. The molecule has 0 radical (unpaired) electrons. The molecule has 0 aromatic rings. The topological polar surface area (TPSA) is 113 Å². The molecule has 7 fully saturated rings. The maximum absolute atomic E-state index is 14.9. The molecule has 1 saturated heterocycles. The molecule has 3 spiro atoms. The van der Waals surface area contributed by atoms with E-state index in [4.69, 9.17) is 10.5 Å². The van der Waals surface area contributed by atoms with Crippen LogP contribution in [0, 0.1) is 67.0 Å². The van der Waals surface area contributed by atoms with Gasteiger partial charge in [0.05, 0.1) is 11.2 Å². The number of allylic oxidation sites excluding steroid dienone is 1. The lowest BCUT2D eigenvalue weighted by Gasteiger charge is -2.96. The molecule has 1 heterocycles. The lowest BCUT2D eigenvalue weighted by Crippen LogP contribution is -3.02. The highest BCUT2D eigenvalue weighted by molar-refractivity contribution is 6.04. The molecule has 0 amide bonds. The van der Waals surface area contributed by atoms with Crippen LogP contribution in [0.5, 0.6) is 0 Å². The highest BCUT2D eigenvalue weighted by Gasteiger charge is 3.00. The van der Waals surface area contributed by atoms with E-state index in [1.807, 2.05) is 19.9 Å². The Morgan fingerprint density at radius 2 is 1.70 bits per heavy atom. The number of carbonyl (C=O) groups is 2. The number of nitrogens with two attached hydrogens (primary N) is 1. The van der Waals surface area contributed by atoms with Crippen LogP contribution in [-0.2, 0) is 14.3 Å². The summed E-state index contributed by atoms with van der Waals surface area (Å²) in [5.41, 5.74) is 3.70. The van der Waals surface area contributed by atoms with E-state index in [9.17, 15) is 20.0 Å². The maximum atomic E-state index is 14.9. The fourth-order valence-electron chi connectivity index (χ4n) is 15.1. The first-order valence-corrected chi connectivity index (χ1v) is 15.7. The zero-order chi connectivity index (χ0) is 28.9. The number of rotatable bonds is 1. The largest absolute Gasteiger partial charge is 0.396 e. The highest BCUT2D eigenvalue weighted by Crippen LogP contribution is 2.96. The van der Waals surface area contributed by atoms with Crippen LogP contribution >= 0.6 is 0 Å². The van der Waals surface area contributed by atoms with Crippen molar-refractivity contribution in [2.75, 3.05) is 6.61 Å². The van der Waals surface area contributed by atoms with Gasteiger partial charge >= 0.3 is 0 Å². The molecular formula is C34H46N2O4. The highest BCUT2D eigenvalue weighted by atomic mass is 16.6. The van der Waals surface area contributed by atoms with Gasteiger partial charge < -0.3 is 15.6 Å². The lowest BCUT2D eigenvalue weighted by molar-refractivity contribution is -0.561. The Labute approximate surface area is 238 Å². The van der Waals surface area contributed by atoms with Crippen molar-refractivity contribution in [3.05, 3.63) is 11.6 Å². The number of hydrogen-bond acceptors (Lipinski definition) is 6. The first-order valence-electron chi connectivity index (χ1n) is 15.7. The summed E-state index contributed by atoms with van der Waals surface area (Å²) in [4.78, 5) is 28.3. The molecule has 6 saturated carbocycles. The summed E-state index contributed by atoms with van der Waals surface area (Å²) in [6, 6.07) is 2.19. The second-order valence-corrected chi connectivity index (χ2v) is 17.9. The molecule has 6 nitrogen and oxygen atoms in total. The van der Waals surface area contributed by atoms with Gasteiger partial charge in [0.15, 0.2) is 11.6 Å². The molecule has 8 rings (SSSR count). The number of ketones is 2. The fourth-order valence-corrected chi connectivity index (χ4v) is 15.1. The molecule has 1 aliphatic heterocycles. The van der Waals surface area contributed by atoms with Gasteiger partial charge in [-0.2, -0.15) is 5.26 Å². The zero-order valence-corrected chi connectivity index (χ0v) is 25.4. The third-order valence-electron chi connectivity index (χ3n) is 15.9. The van der Waals surface area contributed by atoms with Gasteiger partial charge in [-0.3, -0.25) is 9.59 Å². The van der Waals surface area contributed by atoms with Gasteiger partial charge in [0.25, 0.3) is 0 Å². The van der Waals surface area contributed by atoms with Crippen molar-refractivity contribution in [1.82, 2.24) is 0 Å². The molecule has 0 bridgehead atoms. The van der Waals surface area contributed by atoms with Crippen LogP contribution in [0.1, 0.15) is 99.8 Å². The normalized spacial score (nSPS) is 61.0. The lowest BCUT2D eigenvalue weighted by atomic mass is 9.13. The average Bonchev–Trinajstić information content (AvgIpc) is 2.83. The van der Waals surface area contributed by atoms with E-state index in [0.29, 0.717) is 5.92 Å². The molecule has 6 heteroatoms. The number of hydrogen-bond donors (Lipinski definition) is 2. The standard InChI is InChI=1S/C34H46N2O4/c1-25(2)15-30(18-37)17-31-11-10-29(7)28(6)9-8-20-26(3,4)22(39)19(14-35)12-27(20,5)33(28,36)13-21(38)34(29)24(31)32(16-25,40-34)23(30)31/h12,20,23-24,37H,8-11,13,15-18,36H2,1-7H3/t20-,23?,24-,27-,28-,29-,30?,31?,32?,33-,34?/m0/s1. The van der Waals surface area contributed by atoms with Crippen molar-refractivity contribution in [2.45, 2.75) is 117 Å². The number of nitrogens with zero attached hydrogens (tertiary/aromatic N) is 1. The molecule has 7 aliphatic carbocycles. The minimum Gasteiger partial charge on any atom is -0.396 e. The van der Waals surface area contributed by atoms with Crippen LogP contribution in [0.25, 0.3) is 0 Å². The maximum Gasteiger partial charge on any atom is 0.178 e. The van der Waals surface area contributed by atoms with Gasteiger partial charge in [-0.25, -0.2) is 0 Å². The second kappa shape index (κ2) is 6.36. The minimum atomic E-state index is -0.903. The number of ether oxygens (including phenoxy) is 1. The summed E-state index contributed by atoms with van der Waals surface area (Å²) in [6.07, 6.45) is 8.72. The van der Waals surface area contributed by atoms with Crippen molar-refractivity contribution in [1.29, 1.82) is 5.26 Å². The van der Waals surface area contributed by atoms with E-state index in [1.165, 1.54) is 0 Å². The molecule has 0 aromatic carbocycles. The SMILES string of the molecule is CC1(C)CC2(CO)CC34CC[C@]5(C)C6(OC(C1)(C23)[C@H]46)C(=O)C[C@@]1(N)[C@@]5(C)CC[C@H]2C(C)(C)C(=O)C(C#N)=C[C@@]21C. The summed E-state index contributed by atoms with van der Waals surface area (Å²) in [7, 11) is 0. The van der Waals surface area contributed by atoms with E-state index >= 15 is 0 Å². The Kier molecular flexibility index (Phi) is 4.15. The number of fused-ring (bicyclic) bond motifs is 4. The summed E-state index contributed by atoms with van der Waals surface area (Å²) < 4.78 is 7.36. The number of nitriles is 1. The molecule has 0 aromatic heterocycles. The van der Waals surface area contributed by atoms with Crippen molar-refractivity contribution in [3.8, 4) is 6.07 Å². The van der Waals surface area contributed by atoms with Gasteiger partial charge in [-0.1, -0.05) is 54.5 Å². The first kappa shape index (κ1) is 26.1. The van der Waals surface area contributed by atoms with Gasteiger partial charge in [0, 0.05) is 52.1 Å². The van der Waals surface area contributed by atoms with Crippen molar-refractivity contribution >= 4 is 11.6 Å². The Hall–Kier alpha value is -1.55. The van der Waals surface area contributed by atoms with Gasteiger partial charge in [0.1, 0.15) is 11.7 Å². The van der Waals surface area contributed by atoms with Crippen LogP contribution in [0.3, 0.4) is 0 Å². The molecule has 216 valence electrons. The van der Waals surface area contributed by atoms with E-state index in [2.05, 4.69) is 40.7 Å². The van der Waals surface area contributed by atoms with E-state index in [-0.39, 0.29) is 63.8 Å². The Morgan fingerprint density at radius 3 is 2.35 bits per heavy atom. The van der Waals surface area contributed by atoms with Crippen LogP contribution in [-0.4, -0.2) is 40.0 Å². The molecular weight excluding hydrogens is 500 g/mol. The summed E-state index contributed by atoms with van der Waals surface area (Å²) in [5, 5.41) is 20.7. The molecule has 8 aliphatic rings. The molecule has 40 heavy (non-hydrogen) atoms. The van der Waals surface area contributed by atoms with Crippen LogP contribution in [0.15, 0.2) is 11.6 Å². The quantitative estimate of drug-likeness (QED) is 0.485. The van der Waals surface area contributed by atoms with Gasteiger partial charge in [0.2, 0.25) is 0 Å². The fraction of sp³-hybridized carbons (Fsp3) is 0.853. The number of Topliss-reactive ketones (excluding diaryl/α,β-unsaturated/α-hetero) is 2. The Morgan fingerprint density at radius 1 is 1.00 bits per heavy atom. The average molecular weight is 547 g/mol. The van der Waals surface area contributed by atoms with Crippen molar-refractivity contribution < 1.29 is 19.4 Å². The van der Waals surface area contributed by atoms with Crippen LogP contribution in [0.2, 0.25) is 0 Å². The van der Waals surface area contributed by atoms with Crippen LogP contribution < -0.4 is 5.73 Å². The number of aliphatic hydroxyl groups is 1. The third kappa shape index (κ3) is 2.02. The zero-order valence-electron chi connectivity index (χ0n) is 25.4.